The number of amides is 2. The first kappa shape index (κ1) is 26.3. The maximum absolute atomic E-state index is 13.1. The molecule has 0 aromatic heterocycles. The number of rotatable bonds is 10. The lowest BCUT2D eigenvalue weighted by Crippen LogP contribution is -2.51. The summed E-state index contributed by atoms with van der Waals surface area (Å²) < 4.78 is 27.0. The van der Waals surface area contributed by atoms with Crippen LogP contribution >= 0.6 is 0 Å². The van der Waals surface area contributed by atoms with Crippen molar-refractivity contribution in [2.45, 2.75) is 70.7 Å². The number of carbonyl (C=O) groups is 2. The fraction of sp³-hybridized carbons (Fsp3) is 0.667. The molecule has 1 saturated carbocycles. The standard InChI is InChI=1S/C24H39N3O4S/c1-6-27(7-2)32(30,31)21-15-11-14-20(16-21)23(28)25-22(18(3)4)24(29)26(5)17-19-12-9-8-10-13-19/h11,14-16,18-19,22H,6-10,12-13,17H2,1-5H3,(H,25,28). The normalized spacial score (nSPS) is 16.2. The topological polar surface area (TPSA) is 86.8 Å². The van der Waals surface area contributed by atoms with E-state index in [1.165, 1.54) is 35.7 Å². The van der Waals surface area contributed by atoms with Crippen LogP contribution in [0.5, 0.6) is 0 Å². The fourth-order valence-electron chi connectivity index (χ4n) is 4.33. The fourth-order valence-corrected chi connectivity index (χ4v) is 5.84. The van der Waals surface area contributed by atoms with Crippen LogP contribution < -0.4 is 5.32 Å². The van der Waals surface area contributed by atoms with Crippen LogP contribution in [0.4, 0.5) is 0 Å². The molecule has 1 aromatic rings. The lowest BCUT2D eigenvalue weighted by atomic mass is 9.89. The molecule has 0 saturated heterocycles. The van der Waals surface area contributed by atoms with Crippen molar-refractivity contribution in [3.05, 3.63) is 29.8 Å². The van der Waals surface area contributed by atoms with E-state index in [0.29, 0.717) is 25.6 Å². The summed E-state index contributed by atoms with van der Waals surface area (Å²) in [4.78, 5) is 27.9. The van der Waals surface area contributed by atoms with Gasteiger partial charge in [-0.3, -0.25) is 9.59 Å². The molecule has 0 heterocycles. The molecule has 2 rings (SSSR count). The maximum atomic E-state index is 13.1. The highest BCUT2D eigenvalue weighted by Gasteiger charge is 2.29. The van der Waals surface area contributed by atoms with Crippen molar-refractivity contribution < 1.29 is 18.0 Å². The molecule has 1 aromatic carbocycles. The lowest BCUT2D eigenvalue weighted by Gasteiger charge is -2.31. The third-order valence-electron chi connectivity index (χ3n) is 6.29. The number of hydrogen-bond acceptors (Lipinski definition) is 4. The lowest BCUT2D eigenvalue weighted by molar-refractivity contribution is -0.133. The zero-order chi connectivity index (χ0) is 23.9. The summed E-state index contributed by atoms with van der Waals surface area (Å²) in [7, 11) is -1.87. The maximum Gasteiger partial charge on any atom is 0.251 e. The summed E-state index contributed by atoms with van der Waals surface area (Å²) in [5.41, 5.74) is 0.228. The number of nitrogens with zero attached hydrogens (tertiary/aromatic N) is 2. The van der Waals surface area contributed by atoms with E-state index in [1.54, 1.807) is 37.9 Å². The van der Waals surface area contributed by atoms with E-state index in [9.17, 15) is 18.0 Å². The van der Waals surface area contributed by atoms with Gasteiger partial charge in [-0.15, -0.1) is 0 Å². The van der Waals surface area contributed by atoms with Crippen molar-refractivity contribution in [3.8, 4) is 0 Å². The number of likely N-dealkylation sites (N-methyl/N-ethyl adjacent to an activating group) is 1. The summed E-state index contributed by atoms with van der Waals surface area (Å²) in [6, 6.07) is 5.35. The smallest absolute Gasteiger partial charge is 0.251 e. The molecule has 0 spiro atoms. The van der Waals surface area contributed by atoms with Crippen molar-refractivity contribution in [1.82, 2.24) is 14.5 Å². The summed E-state index contributed by atoms with van der Waals surface area (Å²) in [5.74, 6) is -0.128. The summed E-state index contributed by atoms with van der Waals surface area (Å²) in [5, 5.41) is 2.85. The molecule has 8 heteroatoms. The predicted octanol–water partition coefficient (Wildman–Crippen LogP) is 3.51. The largest absolute Gasteiger partial charge is 0.344 e. The zero-order valence-electron chi connectivity index (χ0n) is 20.1. The molecule has 1 N–H and O–H groups in total. The molecule has 0 aliphatic heterocycles. The molecule has 1 aliphatic rings. The quantitative estimate of drug-likeness (QED) is 0.573. The molecule has 1 aliphatic carbocycles. The van der Waals surface area contributed by atoms with E-state index >= 15 is 0 Å². The Morgan fingerprint density at radius 2 is 1.72 bits per heavy atom. The van der Waals surface area contributed by atoms with Gasteiger partial charge < -0.3 is 10.2 Å². The van der Waals surface area contributed by atoms with E-state index < -0.39 is 22.0 Å². The Kier molecular flexibility index (Phi) is 9.70. The SMILES string of the molecule is CCN(CC)S(=O)(=O)c1cccc(C(=O)NC(C(=O)N(C)CC2CCCCC2)C(C)C)c1. The van der Waals surface area contributed by atoms with Gasteiger partial charge >= 0.3 is 0 Å². The summed E-state index contributed by atoms with van der Waals surface area (Å²) in [6.07, 6.45) is 5.98. The molecule has 0 bridgehead atoms. The first-order valence-electron chi connectivity index (χ1n) is 11.8. The molecule has 1 atom stereocenters. The van der Waals surface area contributed by atoms with Gasteiger partial charge in [0.25, 0.3) is 5.91 Å². The highest BCUT2D eigenvalue weighted by Crippen LogP contribution is 2.24. The van der Waals surface area contributed by atoms with Gasteiger partial charge in [-0.05, 0) is 42.9 Å². The number of carbonyl (C=O) groups excluding carboxylic acids is 2. The van der Waals surface area contributed by atoms with Gasteiger partial charge in [0.05, 0.1) is 4.90 Å². The average molecular weight is 466 g/mol. The Hall–Kier alpha value is -1.93. The van der Waals surface area contributed by atoms with Crippen LogP contribution in [0.2, 0.25) is 0 Å². The molecule has 32 heavy (non-hydrogen) atoms. The van der Waals surface area contributed by atoms with Crippen LogP contribution in [0.25, 0.3) is 0 Å². The van der Waals surface area contributed by atoms with Gasteiger partial charge in [-0.2, -0.15) is 4.31 Å². The monoisotopic (exact) mass is 465 g/mol. The Balaban J connectivity index is 2.15. The van der Waals surface area contributed by atoms with Crippen LogP contribution in [0.3, 0.4) is 0 Å². The Morgan fingerprint density at radius 1 is 1.09 bits per heavy atom. The minimum atomic E-state index is -3.67. The van der Waals surface area contributed by atoms with Crippen molar-refractivity contribution in [2.24, 2.45) is 11.8 Å². The molecule has 0 radical (unpaired) electrons. The van der Waals surface area contributed by atoms with Gasteiger partial charge in [0.15, 0.2) is 0 Å². The van der Waals surface area contributed by atoms with Crippen molar-refractivity contribution >= 4 is 21.8 Å². The molecular weight excluding hydrogens is 426 g/mol. The molecule has 7 nitrogen and oxygen atoms in total. The first-order valence-corrected chi connectivity index (χ1v) is 13.2. The predicted molar refractivity (Wildman–Crippen MR) is 127 cm³/mol. The van der Waals surface area contributed by atoms with Gasteiger partial charge in [-0.1, -0.05) is 53.0 Å². The number of benzene rings is 1. The highest BCUT2D eigenvalue weighted by molar-refractivity contribution is 7.89. The second-order valence-electron chi connectivity index (χ2n) is 9.04. The summed E-state index contributed by atoms with van der Waals surface area (Å²) >= 11 is 0. The van der Waals surface area contributed by atoms with Crippen LogP contribution in [0.15, 0.2) is 29.2 Å². The number of sulfonamides is 1. The number of hydrogen-bond donors (Lipinski definition) is 1. The van der Waals surface area contributed by atoms with Gasteiger partial charge in [0.2, 0.25) is 15.9 Å². The molecule has 2 amide bonds. The van der Waals surface area contributed by atoms with E-state index in [0.717, 1.165) is 12.8 Å². The van der Waals surface area contributed by atoms with E-state index in [-0.39, 0.29) is 22.3 Å². The first-order chi connectivity index (χ1) is 15.1. The summed E-state index contributed by atoms with van der Waals surface area (Å²) in [6.45, 7) is 8.77. The van der Waals surface area contributed by atoms with Crippen molar-refractivity contribution in [1.29, 1.82) is 0 Å². The second kappa shape index (κ2) is 11.8. The Labute approximate surface area is 193 Å². The van der Waals surface area contributed by atoms with Crippen molar-refractivity contribution in [2.75, 3.05) is 26.7 Å². The van der Waals surface area contributed by atoms with Crippen LogP contribution in [0.1, 0.15) is 70.2 Å². The van der Waals surface area contributed by atoms with E-state index in [2.05, 4.69) is 5.32 Å². The number of nitrogens with one attached hydrogen (secondary N) is 1. The van der Waals surface area contributed by atoms with Crippen LogP contribution in [0, 0.1) is 11.8 Å². The van der Waals surface area contributed by atoms with Crippen LogP contribution in [-0.4, -0.2) is 62.2 Å². The van der Waals surface area contributed by atoms with Gasteiger partial charge in [0, 0.05) is 32.2 Å². The van der Waals surface area contributed by atoms with E-state index in [1.807, 2.05) is 13.8 Å². The highest BCUT2D eigenvalue weighted by atomic mass is 32.2. The third kappa shape index (κ3) is 6.54. The third-order valence-corrected chi connectivity index (χ3v) is 8.34. The van der Waals surface area contributed by atoms with E-state index in [4.69, 9.17) is 0 Å². The van der Waals surface area contributed by atoms with Gasteiger partial charge in [0.1, 0.15) is 6.04 Å². The second-order valence-corrected chi connectivity index (χ2v) is 11.0. The molecule has 180 valence electrons. The Bertz CT molecular complexity index is 875. The van der Waals surface area contributed by atoms with Crippen LogP contribution in [-0.2, 0) is 14.8 Å². The zero-order valence-corrected chi connectivity index (χ0v) is 21.0. The minimum Gasteiger partial charge on any atom is -0.344 e. The average Bonchev–Trinajstić information content (AvgIpc) is 2.78. The van der Waals surface area contributed by atoms with Crippen molar-refractivity contribution in [3.63, 3.8) is 0 Å². The van der Waals surface area contributed by atoms with Gasteiger partial charge in [-0.25, -0.2) is 8.42 Å². The molecule has 1 fully saturated rings. The minimum absolute atomic E-state index is 0.0793. The Morgan fingerprint density at radius 3 is 2.28 bits per heavy atom. The molecule has 1 unspecified atom stereocenters. The molecular formula is C24H39N3O4S.